The SMILES string of the molecule is COC(=O)C(C)N=C(N)N=C(N)N. The molecule has 0 aromatic carbocycles. The Morgan fingerprint density at radius 3 is 2.31 bits per heavy atom. The second kappa shape index (κ2) is 4.96. The Hall–Kier alpha value is -1.79. The van der Waals surface area contributed by atoms with Crippen LogP contribution in [-0.2, 0) is 9.53 Å². The van der Waals surface area contributed by atoms with Crippen LogP contribution in [0.25, 0.3) is 0 Å². The van der Waals surface area contributed by atoms with E-state index in [0.29, 0.717) is 0 Å². The first-order valence-corrected chi connectivity index (χ1v) is 3.48. The van der Waals surface area contributed by atoms with Crippen LogP contribution in [0.15, 0.2) is 9.98 Å². The number of aliphatic imine (C=N–C) groups is 2. The molecule has 0 fully saturated rings. The average Bonchev–Trinajstić information content (AvgIpc) is 2.01. The van der Waals surface area contributed by atoms with E-state index >= 15 is 0 Å². The van der Waals surface area contributed by atoms with Crippen LogP contribution in [0.4, 0.5) is 0 Å². The quantitative estimate of drug-likeness (QED) is 0.265. The van der Waals surface area contributed by atoms with Crippen molar-refractivity contribution < 1.29 is 9.53 Å². The topological polar surface area (TPSA) is 129 Å². The summed E-state index contributed by atoms with van der Waals surface area (Å²) in [5.74, 6) is -0.870. The van der Waals surface area contributed by atoms with Gasteiger partial charge in [0.2, 0.25) is 5.96 Å². The van der Waals surface area contributed by atoms with Gasteiger partial charge in [0.15, 0.2) is 5.96 Å². The Morgan fingerprint density at radius 1 is 1.38 bits per heavy atom. The first kappa shape index (κ1) is 11.2. The van der Waals surface area contributed by atoms with Crippen molar-refractivity contribution in [1.29, 1.82) is 0 Å². The maximum atomic E-state index is 10.8. The number of ether oxygens (including phenoxy) is 1. The van der Waals surface area contributed by atoms with E-state index in [0.717, 1.165) is 0 Å². The van der Waals surface area contributed by atoms with Crippen LogP contribution < -0.4 is 17.2 Å². The Morgan fingerprint density at radius 2 is 1.92 bits per heavy atom. The Labute approximate surface area is 75.6 Å². The predicted octanol–water partition coefficient (Wildman–Crippen LogP) is -1.86. The molecule has 0 amide bonds. The number of carbonyl (C=O) groups excluding carboxylic acids is 1. The summed E-state index contributed by atoms with van der Waals surface area (Å²) >= 11 is 0. The van der Waals surface area contributed by atoms with Crippen molar-refractivity contribution in [3.63, 3.8) is 0 Å². The van der Waals surface area contributed by atoms with E-state index in [-0.39, 0.29) is 11.9 Å². The molecule has 1 unspecified atom stereocenters. The first-order chi connectivity index (χ1) is 5.97. The monoisotopic (exact) mass is 187 g/mol. The zero-order chi connectivity index (χ0) is 10.4. The van der Waals surface area contributed by atoms with Crippen molar-refractivity contribution in [3.8, 4) is 0 Å². The molecule has 0 spiro atoms. The van der Waals surface area contributed by atoms with Crippen LogP contribution in [0, 0.1) is 0 Å². The van der Waals surface area contributed by atoms with Crippen LogP contribution >= 0.6 is 0 Å². The fourth-order valence-corrected chi connectivity index (χ4v) is 0.583. The molecule has 0 rings (SSSR count). The van der Waals surface area contributed by atoms with Gasteiger partial charge in [-0.1, -0.05) is 0 Å². The number of guanidine groups is 2. The molecule has 1 atom stereocenters. The van der Waals surface area contributed by atoms with Gasteiger partial charge in [0.25, 0.3) is 0 Å². The van der Waals surface area contributed by atoms with Gasteiger partial charge in [-0.15, -0.1) is 0 Å². The second-order valence-corrected chi connectivity index (χ2v) is 2.22. The molecule has 0 bridgehead atoms. The van der Waals surface area contributed by atoms with Gasteiger partial charge in [0.05, 0.1) is 7.11 Å². The number of carbonyl (C=O) groups is 1. The molecule has 74 valence electrons. The highest BCUT2D eigenvalue weighted by Crippen LogP contribution is 1.92. The van der Waals surface area contributed by atoms with Crippen LogP contribution in [0.3, 0.4) is 0 Å². The fraction of sp³-hybridized carbons (Fsp3) is 0.500. The van der Waals surface area contributed by atoms with E-state index < -0.39 is 12.0 Å². The van der Waals surface area contributed by atoms with Crippen molar-refractivity contribution >= 4 is 17.9 Å². The second-order valence-electron chi connectivity index (χ2n) is 2.22. The third-order valence-electron chi connectivity index (χ3n) is 1.11. The Bertz CT molecular complexity index is 243. The van der Waals surface area contributed by atoms with Gasteiger partial charge in [-0.25, -0.2) is 9.79 Å². The molecule has 0 saturated carbocycles. The molecule has 7 heteroatoms. The lowest BCUT2D eigenvalue weighted by molar-refractivity contribution is -0.141. The van der Waals surface area contributed by atoms with E-state index in [2.05, 4.69) is 14.7 Å². The number of rotatable bonds is 2. The minimum atomic E-state index is -0.715. The van der Waals surface area contributed by atoms with Gasteiger partial charge >= 0.3 is 5.97 Å². The average molecular weight is 187 g/mol. The lowest BCUT2D eigenvalue weighted by Gasteiger charge is -2.03. The highest BCUT2D eigenvalue weighted by atomic mass is 16.5. The van der Waals surface area contributed by atoms with Crippen molar-refractivity contribution in [1.82, 2.24) is 0 Å². The number of hydrogen-bond donors (Lipinski definition) is 3. The molecule has 0 aliphatic carbocycles. The number of hydrogen-bond acceptors (Lipinski definition) is 3. The number of nitrogens with zero attached hydrogens (tertiary/aromatic N) is 2. The Kier molecular flexibility index (Phi) is 4.28. The third-order valence-corrected chi connectivity index (χ3v) is 1.11. The molecule has 7 nitrogen and oxygen atoms in total. The van der Waals surface area contributed by atoms with Gasteiger partial charge < -0.3 is 21.9 Å². The van der Waals surface area contributed by atoms with E-state index in [1.807, 2.05) is 0 Å². The smallest absolute Gasteiger partial charge is 0.330 e. The molecule has 0 aliphatic heterocycles. The van der Waals surface area contributed by atoms with Crippen molar-refractivity contribution in [2.75, 3.05) is 7.11 Å². The molecule has 0 aromatic heterocycles. The van der Waals surface area contributed by atoms with Crippen molar-refractivity contribution in [2.45, 2.75) is 13.0 Å². The summed E-state index contributed by atoms with van der Waals surface area (Å²) < 4.78 is 4.41. The third kappa shape index (κ3) is 4.62. The van der Waals surface area contributed by atoms with Gasteiger partial charge in [0.1, 0.15) is 6.04 Å². The Balaban J connectivity index is 4.39. The van der Waals surface area contributed by atoms with E-state index in [4.69, 9.17) is 17.2 Å². The maximum Gasteiger partial charge on any atom is 0.330 e. The zero-order valence-electron chi connectivity index (χ0n) is 7.52. The number of nitrogens with two attached hydrogens (primary N) is 3. The standard InChI is InChI=1S/C6H13N5O2/c1-3(4(12)13-2)10-6(9)11-5(7)8/h3H,1-2H3,(H6,7,8,9,10,11). The van der Waals surface area contributed by atoms with E-state index in [1.165, 1.54) is 14.0 Å². The maximum absolute atomic E-state index is 10.8. The van der Waals surface area contributed by atoms with Crippen LogP contribution in [0.5, 0.6) is 0 Å². The van der Waals surface area contributed by atoms with Gasteiger partial charge in [0, 0.05) is 0 Å². The number of methoxy groups -OCH3 is 1. The predicted molar refractivity (Wildman–Crippen MR) is 48.9 cm³/mol. The van der Waals surface area contributed by atoms with Crippen LogP contribution in [-0.4, -0.2) is 31.0 Å². The van der Waals surface area contributed by atoms with Crippen molar-refractivity contribution in [3.05, 3.63) is 0 Å². The lowest BCUT2D eigenvalue weighted by atomic mass is 10.4. The molecule has 0 aliphatic rings. The van der Waals surface area contributed by atoms with Crippen LogP contribution in [0.2, 0.25) is 0 Å². The van der Waals surface area contributed by atoms with Crippen molar-refractivity contribution in [2.24, 2.45) is 27.2 Å². The summed E-state index contributed by atoms with van der Waals surface area (Å²) in [7, 11) is 1.26. The highest BCUT2D eigenvalue weighted by Gasteiger charge is 2.11. The van der Waals surface area contributed by atoms with Gasteiger partial charge in [-0.05, 0) is 6.92 Å². The van der Waals surface area contributed by atoms with E-state index in [9.17, 15) is 4.79 Å². The zero-order valence-corrected chi connectivity index (χ0v) is 7.52. The fourth-order valence-electron chi connectivity index (χ4n) is 0.583. The van der Waals surface area contributed by atoms with Gasteiger partial charge in [-0.2, -0.15) is 4.99 Å². The lowest BCUT2D eigenvalue weighted by Crippen LogP contribution is -2.28. The molecular formula is C6H13N5O2. The molecule has 0 aromatic rings. The molecule has 6 N–H and O–H groups in total. The van der Waals surface area contributed by atoms with E-state index in [1.54, 1.807) is 0 Å². The summed E-state index contributed by atoms with van der Waals surface area (Å²) in [5.41, 5.74) is 15.3. The molecule has 13 heavy (non-hydrogen) atoms. The molecule has 0 heterocycles. The summed E-state index contributed by atoms with van der Waals surface area (Å²) in [6, 6.07) is -0.715. The minimum absolute atomic E-state index is 0.155. The molecular weight excluding hydrogens is 174 g/mol. The number of esters is 1. The summed E-state index contributed by atoms with van der Waals surface area (Å²) in [4.78, 5) is 17.9. The molecule has 0 radical (unpaired) electrons. The summed E-state index contributed by atoms with van der Waals surface area (Å²) in [6.45, 7) is 1.51. The molecule has 0 saturated heterocycles. The highest BCUT2D eigenvalue weighted by molar-refractivity contribution is 5.93. The summed E-state index contributed by atoms with van der Waals surface area (Å²) in [5, 5.41) is 0. The minimum Gasteiger partial charge on any atom is -0.467 e. The van der Waals surface area contributed by atoms with Gasteiger partial charge in [-0.3, -0.25) is 0 Å². The summed E-state index contributed by atoms with van der Waals surface area (Å²) in [6.07, 6.45) is 0. The largest absolute Gasteiger partial charge is 0.467 e. The van der Waals surface area contributed by atoms with Crippen LogP contribution in [0.1, 0.15) is 6.92 Å². The normalized spacial score (nSPS) is 13.2. The first-order valence-electron chi connectivity index (χ1n) is 3.48.